The van der Waals surface area contributed by atoms with E-state index in [-0.39, 0.29) is 36.6 Å². The summed E-state index contributed by atoms with van der Waals surface area (Å²) in [6.07, 6.45) is 4.00. The van der Waals surface area contributed by atoms with Gasteiger partial charge in [0.2, 0.25) is 0 Å². The quantitative estimate of drug-likeness (QED) is 0.380. The number of rotatable bonds is 0. The summed E-state index contributed by atoms with van der Waals surface area (Å²) in [6, 6.07) is 0. The summed E-state index contributed by atoms with van der Waals surface area (Å²) >= 11 is 0. The Balaban J connectivity index is -0.00000000889. The van der Waals surface area contributed by atoms with Crippen molar-refractivity contribution in [2.75, 3.05) is 0 Å². The first kappa shape index (κ1) is 33.2. The molecule has 0 aliphatic heterocycles. The normalized spacial score (nSPS) is 4.00. The Hall–Kier alpha value is 0.714. The molecule has 0 radical (unpaired) electrons. The molecule has 0 amide bonds. The van der Waals surface area contributed by atoms with Gasteiger partial charge in [0.15, 0.2) is 0 Å². The van der Waals surface area contributed by atoms with Gasteiger partial charge in [0.1, 0.15) is 0 Å². The fourth-order valence-electron chi connectivity index (χ4n) is 0. The Kier molecular flexibility index (Phi) is 260. The third-order valence-electron chi connectivity index (χ3n) is 0. The molecule has 0 spiro atoms. The first-order valence-corrected chi connectivity index (χ1v) is 2.31. The molecule has 0 atom stereocenters. The third-order valence-corrected chi connectivity index (χ3v) is 0. The maximum atomic E-state index is 2.00. The molecule has 0 fully saturated rings. The van der Waals surface area contributed by atoms with E-state index in [1.54, 1.807) is 0 Å². The average Bonchev–Trinajstić information content (AvgIpc) is 1.39. The van der Waals surface area contributed by atoms with Crippen LogP contribution >= 0.6 is 0 Å². The average molecular weight is 164 g/mol. The van der Waals surface area contributed by atoms with E-state index >= 15 is 0 Å². The zero-order chi connectivity index (χ0) is 5.41. The van der Waals surface area contributed by atoms with Gasteiger partial charge in [-0.25, -0.2) is 0 Å². The predicted octanol–water partition coefficient (Wildman–Crippen LogP) is 3.36. The second-order valence-electron chi connectivity index (χ2n) is 1.15. The molecule has 0 saturated heterocycles. The monoisotopic (exact) mass is 164 g/mol. The van der Waals surface area contributed by atoms with Crippen LogP contribution in [0.2, 0.25) is 0 Å². The molecule has 0 nitrogen and oxygen atoms in total. The molecule has 0 N–H and O–H groups in total. The van der Waals surface area contributed by atoms with E-state index in [9.17, 15) is 0 Å². The van der Waals surface area contributed by atoms with Gasteiger partial charge in [-0.2, -0.15) is 27.7 Å². The SMILES string of the molecule is C[CH-]C.C[CH-]C.[CH3-].[CH3-].[Ti+4]. The first-order valence-electron chi connectivity index (χ1n) is 2.31. The fourth-order valence-corrected chi connectivity index (χ4v) is 0. The Labute approximate surface area is 77.3 Å². The van der Waals surface area contributed by atoms with Crippen molar-refractivity contribution in [2.24, 2.45) is 0 Å². The molecule has 0 aliphatic rings. The summed E-state index contributed by atoms with van der Waals surface area (Å²) in [5.41, 5.74) is 0. The molecular formula is C8H20Ti. The van der Waals surface area contributed by atoms with Crippen molar-refractivity contribution in [3.8, 4) is 0 Å². The Morgan fingerprint density at radius 3 is 0.667 bits per heavy atom. The summed E-state index contributed by atoms with van der Waals surface area (Å²) in [7, 11) is 0. The molecule has 0 aromatic heterocycles. The van der Waals surface area contributed by atoms with Crippen molar-refractivity contribution < 1.29 is 21.7 Å². The minimum absolute atomic E-state index is 0. The van der Waals surface area contributed by atoms with Crippen LogP contribution in [-0.2, 0) is 21.7 Å². The standard InChI is InChI=1S/2C3H7.2CH3.Ti/c2*1-3-2;;;/h2*3H,1-2H3;2*1H3;/q4*-1;+4. The minimum atomic E-state index is 0. The fraction of sp³-hybridized carbons (Fsp3) is 0.500. The third kappa shape index (κ3) is 770. The van der Waals surface area contributed by atoms with Gasteiger partial charge in [-0.15, -0.1) is 0 Å². The van der Waals surface area contributed by atoms with E-state index in [0.29, 0.717) is 0 Å². The Morgan fingerprint density at radius 1 is 0.667 bits per heavy atom. The van der Waals surface area contributed by atoms with Crippen LogP contribution in [-0.4, -0.2) is 0 Å². The van der Waals surface area contributed by atoms with Crippen LogP contribution < -0.4 is 0 Å². The first-order chi connectivity index (χ1) is 2.83. The summed E-state index contributed by atoms with van der Waals surface area (Å²) < 4.78 is 0. The van der Waals surface area contributed by atoms with Gasteiger partial charge in [-0.3, -0.25) is 0 Å². The van der Waals surface area contributed by atoms with Crippen LogP contribution in [0.1, 0.15) is 27.7 Å². The second kappa shape index (κ2) is 70.4. The topological polar surface area (TPSA) is 0 Å². The van der Waals surface area contributed by atoms with Crippen LogP contribution in [0.3, 0.4) is 0 Å². The van der Waals surface area contributed by atoms with E-state index in [1.165, 1.54) is 0 Å². The van der Waals surface area contributed by atoms with Crippen molar-refractivity contribution in [2.45, 2.75) is 27.7 Å². The van der Waals surface area contributed by atoms with Crippen LogP contribution in [0.5, 0.6) is 0 Å². The zero-order valence-electron chi connectivity index (χ0n) is 7.65. The molecule has 0 aromatic rings. The van der Waals surface area contributed by atoms with Crippen LogP contribution in [0.4, 0.5) is 0 Å². The molecule has 0 unspecified atom stereocenters. The predicted molar refractivity (Wildman–Crippen MR) is 44.1 cm³/mol. The van der Waals surface area contributed by atoms with Crippen LogP contribution in [0, 0.1) is 27.7 Å². The largest absolute Gasteiger partial charge is 4.00 e. The van der Waals surface area contributed by atoms with E-state index in [0.717, 1.165) is 0 Å². The summed E-state index contributed by atoms with van der Waals surface area (Å²) in [4.78, 5) is 0. The Bertz CT molecular complexity index is 6.53. The van der Waals surface area contributed by atoms with E-state index in [1.807, 2.05) is 40.5 Å². The molecular weight excluding hydrogens is 144 g/mol. The number of hydrogen-bond acceptors (Lipinski definition) is 0. The molecule has 56 valence electrons. The molecule has 1 heteroatoms. The Morgan fingerprint density at radius 2 is 0.667 bits per heavy atom. The van der Waals surface area contributed by atoms with Crippen LogP contribution in [0.15, 0.2) is 0 Å². The maximum absolute atomic E-state index is 2.00. The molecule has 0 bridgehead atoms. The molecule has 0 aliphatic carbocycles. The van der Waals surface area contributed by atoms with Crippen molar-refractivity contribution >= 4 is 0 Å². The summed E-state index contributed by atoms with van der Waals surface area (Å²) in [6.45, 7) is 8.00. The van der Waals surface area contributed by atoms with Gasteiger partial charge in [0, 0.05) is 0 Å². The van der Waals surface area contributed by atoms with E-state index in [4.69, 9.17) is 0 Å². The van der Waals surface area contributed by atoms with Gasteiger partial charge in [0.05, 0.1) is 0 Å². The van der Waals surface area contributed by atoms with Gasteiger partial charge in [0.25, 0.3) is 0 Å². The van der Waals surface area contributed by atoms with Gasteiger partial charge in [-0.05, 0) is 0 Å². The second-order valence-corrected chi connectivity index (χ2v) is 1.15. The zero-order valence-corrected chi connectivity index (χ0v) is 9.22. The molecule has 0 aromatic carbocycles. The van der Waals surface area contributed by atoms with Crippen molar-refractivity contribution in [1.82, 2.24) is 0 Å². The molecule has 0 saturated carbocycles. The van der Waals surface area contributed by atoms with Crippen molar-refractivity contribution in [1.29, 1.82) is 0 Å². The molecule has 9 heavy (non-hydrogen) atoms. The molecule has 0 rings (SSSR count). The maximum Gasteiger partial charge on any atom is 4.00 e. The molecule has 0 heterocycles. The smallest absolute Gasteiger partial charge is 0.358 e. The van der Waals surface area contributed by atoms with Gasteiger partial charge < -0.3 is 27.7 Å². The minimum Gasteiger partial charge on any atom is -0.358 e. The van der Waals surface area contributed by atoms with Crippen molar-refractivity contribution in [3.05, 3.63) is 27.7 Å². The van der Waals surface area contributed by atoms with Gasteiger partial charge in [-0.1, -0.05) is 0 Å². The van der Waals surface area contributed by atoms with E-state index < -0.39 is 0 Å². The van der Waals surface area contributed by atoms with E-state index in [2.05, 4.69) is 0 Å². The van der Waals surface area contributed by atoms with Gasteiger partial charge >= 0.3 is 21.7 Å². The summed E-state index contributed by atoms with van der Waals surface area (Å²) in [5.74, 6) is 0. The van der Waals surface area contributed by atoms with Crippen molar-refractivity contribution in [3.63, 3.8) is 0 Å². The van der Waals surface area contributed by atoms with Crippen LogP contribution in [0.25, 0.3) is 0 Å². The summed E-state index contributed by atoms with van der Waals surface area (Å²) in [5, 5.41) is 0. The number of hydrogen-bond donors (Lipinski definition) is 0.